The number of carbonyl (C=O) groups excluding carboxylic acids is 3. The van der Waals surface area contributed by atoms with E-state index in [1.54, 1.807) is 22.8 Å². The highest BCUT2D eigenvalue weighted by Crippen LogP contribution is 2.42. The third-order valence-electron chi connectivity index (χ3n) is 6.09. The molecule has 26 heavy (non-hydrogen) atoms. The van der Waals surface area contributed by atoms with Gasteiger partial charge in [0.05, 0.1) is 12.0 Å². The van der Waals surface area contributed by atoms with E-state index in [2.05, 4.69) is 0 Å². The van der Waals surface area contributed by atoms with Crippen molar-refractivity contribution >= 4 is 23.4 Å². The summed E-state index contributed by atoms with van der Waals surface area (Å²) in [6, 6.07) is 5.47. The minimum atomic E-state index is -0.671. The van der Waals surface area contributed by atoms with Crippen LogP contribution in [0.25, 0.3) is 0 Å². The fourth-order valence-corrected chi connectivity index (χ4v) is 4.55. The zero-order valence-electron chi connectivity index (χ0n) is 14.9. The van der Waals surface area contributed by atoms with E-state index >= 15 is 0 Å². The van der Waals surface area contributed by atoms with Crippen LogP contribution < -0.4 is 10.6 Å². The number of ether oxygens (including phenoxy) is 1. The van der Waals surface area contributed by atoms with Crippen LogP contribution in [0.2, 0.25) is 0 Å². The third kappa shape index (κ3) is 2.49. The Morgan fingerprint density at radius 3 is 2.81 bits per heavy atom. The van der Waals surface area contributed by atoms with Crippen molar-refractivity contribution in [3.05, 3.63) is 29.3 Å². The maximum atomic E-state index is 13.0. The molecule has 2 atom stereocenters. The summed E-state index contributed by atoms with van der Waals surface area (Å²) in [4.78, 5) is 40.3. The average molecular weight is 357 g/mol. The van der Waals surface area contributed by atoms with Crippen molar-refractivity contribution in [3.63, 3.8) is 0 Å². The van der Waals surface area contributed by atoms with Gasteiger partial charge in [-0.1, -0.05) is 0 Å². The number of hydrogen-bond donors (Lipinski definition) is 1. The molecule has 1 aromatic carbocycles. The molecule has 0 saturated carbocycles. The SMILES string of the molecule is CC(=O)N1CCc2cc(C(=O)N3C[C@@H]4COCC[C@]4(C(N)=O)C3)ccc21. The largest absolute Gasteiger partial charge is 0.381 e. The van der Waals surface area contributed by atoms with E-state index in [-0.39, 0.29) is 23.6 Å². The summed E-state index contributed by atoms with van der Waals surface area (Å²) < 4.78 is 5.50. The second kappa shape index (κ2) is 6.09. The van der Waals surface area contributed by atoms with Gasteiger partial charge in [0.25, 0.3) is 5.91 Å². The highest BCUT2D eigenvalue weighted by Gasteiger charge is 2.53. The summed E-state index contributed by atoms with van der Waals surface area (Å²) in [5.74, 6) is -0.466. The Hall–Kier alpha value is -2.41. The molecule has 0 spiro atoms. The normalized spacial score (nSPS) is 27.2. The monoisotopic (exact) mass is 357 g/mol. The quantitative estimate of drug-likeness (QED) is 0.837. The number of fused-ring (bicyclic) bond motifs is 2. The number of anilines is 1. The molecule has 0 radical (unpaired) electrons. The molecule has 138 valence electrons. The summed E-state index contributed by atoms with van der Waals surface area (Å²) in [7, 11) is 0. The number of carbonyl (C=O) groups is 3. The van der Waals surface area contributed by atoms with Crippen molar-refractivity contribution in [1.82, 2.24) is 4.90 Å². The Labute approximate surface area is 152 Å². The van der Waals surface area contributed by atoms with Crippen LogP contribution in [0, 0.1) is 11.3 Å². The molecule has 2 N–H and O–H groups in total. The third-order valence-corrected chi connectivity index (χ3v) is 6.09. The van der Waals surface area contributed by atoms with E-state index in [4.69, 9.17) is 10.5 Å². The van der Waals surface area contributed by atoms with Crippen molar-refractivity contribution in [2.45, 2.75) is 19.8 Å². The number of hydrogen-bond acceptors (Lipinski definition) is 4. The maximum Gasteiger partial charge on any atom is 0.253 e. The van der Waals surface area contributed by atoms with E-state index in [1.807, 2.05) is 12.1 Å². The molecule has 0 unspecified atom stereocenters. The molecule has 4 rings (SSSR count). The molecule has 3 heterocycles. The lowest BCUT2D eigenvalue weighted by Gasteiger charge is -2.34. The first-order valence-electron chi connectivity index (χ1n) is 9.00. The lowest BCUT2D eigenvalue weighted by atomic mass is 9.74. The minimum Gasteiger partial charge on any atom is -0.381 e. The first kappa shape index (κ1) is 17.0. The predicted molar refractivity (Wildman–Crippen MR) is 94.6 cm³/mol. The van der Waals surface area contributed by atoms with Gasteiger partial charge in [0, 0.05) is 50.3 Å². The Morgan fingerprint density at radius 2 is 2.12 bits per heavy atom. The van der Waals surface area contributed by atoms with E-state index < -0.39 is 5.41 Å². The summed E-state index contributed by atoms with van der Waals surface area (Å²) in [6.07, 6.45) is 1.31. The second-order valence-electron chi connectivity index (χ2n) is 7.49. The molecule has 3 aliphatic rings. The number of primary amides is 1. The number of nitrogens with zero attached hydrogens (tertiary/aromatic N) is 2. The van der Waals surface area contributed by atoms with Crippen LogP contribution in [0.1, 0.15) is 29.3 Å². The van der Waals surface area contributed by atoms with Crippen LogP contribution in [0.5, 0.6) is 0 Å². The molecule has 2 fully saturated rings. The van der Waals surface area contributed by atoms with E-state index in [1.165, 1.54) is 0 Å². The van der Waals surface area contributed by atoms with Crippen LogP contribution in [-0.4, -0.2) is 55.5 Å². The predicted octanol–water partition coefficient (Wildman–Crippen LogP) is 0.560. The number of amides is 3. The first-order chi connectivity index (χ1) is 12.4. The number of nitrogens with two attached hydrogens (primary N) is 1. The maximum absolute atomic E-state index is 13.0. The molecule has 0 bridgehead atoms. The Kier molecular flexibility index (Phi) is 3.99. The van der Waals surface area contributed by atoms with Gasteiger partial charge in [0.1, 0.15) is 0 Å². The molecular formula is C19H23N3O4. The van der Waals surface area contributed by atoms with Gasteiger partial charge in [-0.2, -0.15) is 0 Å². The lowest BCUT2D eigenvalue weighted by Crippen LogP contribution is -2.48. The van der Waals surface area contributed by atoms with Crippen molar-refractivity contribution in [1.29, 1.82) is 0 Å². The van der Waals surface area contributed by atoms with Crippen molar-refractivity contribution in [2.75, 3.05) is 37.7 Å². The minimum absolute atomic E-state index is 0.00912. The van der Waals surface area contributed by atoms with Gasteiger partial charge in [0.2, 0.25) is 11.8 Å². The van der Waals surface area contributed by atoms with Crippen molar-refractivity contribution in [3.8, 4) is 0 Å². The Morgan fingerprint density at radius 1 is 1.31 bits per heavy atom. The molecule has 3 aliphatic heterocycles. The fourth-order valence-electron chi connectivity index (χ4n) is 4.55. The van der Waals surface area contributed by atoms with Crippen molar-refractivity contribution in [2.24, 2.45) is 17.1 Å². The van der Waals surface area contributed by atoms with Gasteiger partial charge < -0.3 is 20.3 Å². The van der Waals surface area contributed by atoms with Crippen molar-refractivity contribution < 1.29 is 19.1 Å². The summed E-state index contributed by atoms with van der Waals surface area (Å²) in [5.41, 5.74) is 7.50. The second-order valence-corrected chi connectivity index (χ2v) is 7.49. The standard InChI is InChI=1S/C19H23N3O4/c1-12(23)22-6-4-13-8-14(2-3-16(13)22)17(24)21-9-15-10-26-7-5-19(15,11-21)18(20)25/h2-3,8,15H,4-7,9-11H2,1H3,(H2,20,25)/t15-,19+/m1/s1. The molecule has 0 aromatic heterocycles. The van der Waals surface area contributed by atoms with Gasteiger partial charge in [-0.05, 0) is 36.6 Å². The smallest absolute Gasteiger partial charge is 0.253 e. The zero-order valence-corrected chi connectivity index (χ0v) is 14.9. The summed E-state index contributed by atoms with van der Waals surface area (Å²) >= 11 is 0. The van der Waals surface area contributed by atoms with Crippen LogP contribution in [0.4, 0.5) is 5.69 Å². The number of likely N-dealkylation sites (tertiary alicyclic amines) is 1. The molecular weight excluding hydrogens is 334 g/mol. The summed E-state index contributed by atoms with van der Waals surface area (Å²) in [6.45, 7) is 4.00. The number of benzene rings is 1. The molecule has 0 aliphatic carbocycles. The molecule has 2 saturated heterocycles. The topological polar surface area (TPSA) is 92.9 Å². The Balaban J connectivity index is 1.58. The zero-order chi connectivity index (χ0) is 18.5. The van der Waals surface area contributed by atoms with Gasteiger partial charge in [0.15, 0.2) is 0 Å². The molecule has 1 aromatic rings. The molecule has 7 nitrogen and oxygen atoms in total. The van der Waals surface area contributed by atoms with E-state index in [0.717, 1.165) is 17.7 Å². The molecule has 7 heteroatoms. The first-order valence-corrected chi connectivity index (χ1v) is 9.00. The highest BCUT2D eigenvalue weighted by molar-refractivity contribution is 5.98. The number of rotatable bonds is 2. The molecule has 3 amide bonds. The van der Waals surface area contributed by atoms with Gasteiger partial charge >= 0.3 is 0 Å². The van der Waals surface area contributed by atoms with Crippen LogP contribution in [0.3, 0.4) is 0 Å². The van der Waals surface area contributed by atoms with Gasteiger partial charge in [-0.3, -0.25) is 14.4 Å². The van der Waals surface area contributed by atoms with Gasteiger partial charge in [-0.25, -0.2) is 0 Å². The average Bonchev–Trinajstić information content (AvgIpc) is 3.22. The van der Waals surface area contributed by atoms with Gasteiger partial charge in [-0.15, -0.1) is 0 Å². The van der Waals surface area contributed by atoms with Crippen LogP contribution >= 0.6 is 0 Å². The summed E-state index contributed by atoms with van der Waals surface area (Å²) in [5, 5.41) is 0. The van der Waals surface area contributed by atoms with E-state index in [9.17, 15) is 14.4 Å². The highest BCUT2D eigenvalue weighted by atomic mass is 16.5. The fraction of sp³-hybridized carbons (Fsp3) is 0.526. The van der Waals surface area contributed by atoms with E-state index in [0.29, 0.717) is 44.8 Å². The van der Waals surface area contributed by atoms with Crippen LogP contribution in [0.15, 0.2) is 18.2 Å². The lowest BCUT2D eigenvalue weighted by molar-refractivity contribution is -0.135. The van der Waals surface area contributed by atoms with Crippen LogP contribution in [-0.2, 0) is 20.7 Å². The Bertz CT molecular complexity index is 793.